The zero-order valence-electron chi connectivity index (χ0n) is 17.1. The van der Waals surface area contributed by atoms with E-state index in [9.17, 15) is 4.79 Å². The van der Waals surface area contributed by atoms with E-state index in [2.05, 4.69) is 39.5 Å². The molecule has 1 saturated carbocycles. The van der Waals surface area contributed by atoms with Crippen molar-refractivity contribution in [2.24, 2.45) is 0 Å². The molecule has 0 aliphatic heterocycles. The molecular weight excluding hydrogens is 348 g/mol. The third-order valence-electron chi connectivity index (χ3n) is 5.41. The molecular formula is C23H32N4O. The minimum absolute atomic E-state index is 0.0412. The van der Waals surface area contributed by atoms with E-state index in [0.717, 1.165) is 36.2 Å². The SMILES string of the molecule is CN(C)c1ccc(CN(CCc2ccccn2)C(=O)NC2CCCCC2)cc1. The fourth-order valence-corrected chi connectivity index (χ4v) is 3.68. The van der Waals surface area contributed by atoms with E-state index >= 15 is 0 Å². The molecule has 3 rings (SSSR count). The molecule has 1 aliphatic carbocycles. The topological polar surface area (TPSA) is 48.5 Å². The Kier molecular flexibility index (Phi) is 7.29. The maximum atomic E-state index is 13.0. The molecule has 150 valence electrons. The average molecular weight is 381 g/mol. The van der Waals surface area contributed by atoms with Crippen molar-refractivity contribution in [1.29, 1.82) is 0 Å². The summed E-state index contributed by atoms with van der Waals surface area (Å²) < 4.78 is 0. The van der Waals surface area contributed by atoms with Crippen LogP contribution in [0.4, 0.5) is 10.5 Å². The Balaban J connectivity index is 1.66. The van der Waals surface area contributed by atoms with Gasteiger partial charge in [0.2, 0.25) is 0 Å². The Morgan fingerprint density at radius 1 is 1.07 bits per heavy atom. The fraction of sp³-hybridized carbons (Fsp3) is 0.478. The lowest BCUT2D eigenvalue weighted by Crippen LogP contribution is -2.45. The van der Waals surface area contributed by atoms with Crippen LogP contribution in [0, 0.1) is 0 Å². The lowest BCUT2D eigenvalue weighted by molar-refractivity contribution is 0.187. The van der Waals surface area contributed by atoms with Gasteiger partial charge in [-0.15, -0.1) is 0 Å². The van der Waals surface area contributed by atoms with Crippen LogP contribution in [0.5, 0.6) is 0 Å². The number of carbonyl (C=O) groups is 1. The van der Waals surface area contributed by atoms with E-state index in [-0.39, 0.29) is 6.03 Å². The van der Waals surface area contributed by atoms with Crippen LogP contribution in [0.15, 0.2) is 48.7 Å². The Labute approximate surface area is 168 Å². The van der Waals surface area contributed by atoms with Gasteiger partial charge in [0.15, 0.2) is 0 Å². The molecule has 2 amide bonds. The third-order valence-corrected chi connectivity index (χ3v) is 5.41. The van der Waals surface area contributed by atoms with E-state index in [4.69, 9.17) is 0 Å². The first-order valence-electron chi connectivity index (χ1n) is 10.3. The highest BCUT2D eigenvalue weighted by molar-refractivity contribution is 5.74. The Morgan fingerprint density at radius 3 is 2.46 bits per heavy atom. The van der Waals surface area contributed by atoms with E-state index in [0.29, 0.717) is 19.1 Å². The van der Waals surface area contributed by atoms with Gasteiger partial charge in [-0.25, -0.2) is 4.79 Å². The van der Waals surface area contributed by atoms with Crippen molar-refractivity contribution < 1.29 is 4.79 Å². The molecule has 0 bridgehead atoms. The molecule has 0 atom stereocenters. The lowest BCUT2D eigenvalue weighted by Gasteiger charge is -2.28. The van der Waals surface area contributed by atoms with Crippen LogP contribution in [-0.2, 0) is 13.0 Å². The number of nitrogens with zero attached hydrogens (tertiary/aromatic N) is 3. The number of benzene rings is 1. The maximum absolute atomic E-state index is 13.0. The van der Waals surface area contributed by atoms with Gasteiger partial charge in [0.05, 0.1) is 0 Å². The second-order valence-corrected chi connectivity index (χ2v) is 7.84. The molecule has 1 aromatic carbocycles. The number of hydrogen-bond acceptors (Lipinski definition) is 3. The lowest BCUT2D eigenvalue weighted by atomic mass is 9.96. The highest BCUT2D eigenvalue weighted by atomic mass is 16.2. The smallest absolute Gasteiger partial charge is 0.317 e. The van der Waals surface area contributed by atoms with Crippen molar-refractivity contribution in [2.45, 2.75) is 51.1 Å². The van der Waals surface area contributed by atoms with Crippen molar-refractivity contribution in [3.63, 3.8) is 0 Å². The van der Waals surface area contributed by atoms with E-state index in [1.54, 1.807) is 0 Å². The summed E-state index contributed by atoms with van der Waals surface area (Å²) in [7, 11) is 4.07. The minimum atomic E-state index is 0.0412. The van der Waals surface area contributed by atoms with Gasteiger partial charge in [-0.2, -0.15) is 0 Å². The number of hydrogen-bond donors (Lipinski definition) is 1. The normalized spacial score (nSPS) is 14.5. The second kappa shape index (κ2) is 10.1. The number of carbonyl (C=O) groups excluding carboxylic acids is 1. The minimum Gasteiger partial charge on any atom is -0.378 e. The first-order valence-corrected chi connectivity index (χ1v) is 10.3. The average Bonchev–Trinajstić information content (AvgIpc) is 2.73. The molecule has 1 aromatic heterocycles. The van der Waals surface area contributed by atoms with Gasteiger partial charge in [-0.3, -0.25) is 4.98 Å². The van der Waals surface area contributed by atoms with E-state index in [1.165, 1.54) is 19.3 Å². The summed E-state index contributed by atoms with van der Waals surface area (Å²) in [6.45, 7) is 1.27. The first-order chi connectivity index (χ1) is 13.6. The molecule has 0 spiro atoms. The van der Waals surface area contributed by atoms with Crippen LogP contribution in [0.1, 0.15) is 43.4 Å². The molecule has 2 aromatic rings. The predicted molar refractivity (Wildman–Crippen MR) is 115 cm³/mol. The van der Waals surface area contributed by atoms with Crippen molar-refractivity contribution in [1.82, 2.24) is 15.2 Å². The molecule has 0 radical (unpaired) electrons. The molecule has 1 fully saturated rings. The Hall–Kier alpha value is -2.56. The number of anilines is 1. The van der Waals surface area contributed by atoms with Crippen molar-refractivity contribution >= 4 is 11.7 Å². The number of amides is 2. The van der Waals surface area contributed by atoms with Gasteiger partial charge in [-0.1, -0.05) is 37.5 Å². The van der Waals surface area contributed by atoms with Crippen LogP contribution >= 0.6 is 0 Å². The van der Waals surface area contributed by atoms with Crippen molar-refractivity contribution in [2.75, 3.05) is 25.5 Å². The largest absolute Gasteiger partial charge is 0.378 e. The monoisotopic (exact) mass is 380 g/mol. The molecule has 1 heterocycles. The van der Waals surface area contributed by atoms with Crippen LogP contribution in [0.2, 0.25) is 0 Å². The predicted octanol–water partition coefficient (Wildman–Crippen LogP) is 4.23. The summed E-state index contributed by atoms with van der Waals surface area (Å²) in [5.74, 6) is 0. The second-order valence-electron chi connectivity index (χ2n) is 7.84. The number of pyridine rings is 1. The van der Waals surface area contributed by atoms with Gasteiger partial charge in [0, 0.05) is 57.2 Å². The van der Waals surface area contributed by atoms with E-state index < -0.39 is 0 Å². The highest BCUT2D eigenvalue weighted by Crippen LogP contribution is 2.18. The quantitative estimate of drug-likeness (QED) is 0.782. The van der Waals surface area contributed by atoms with Crippen LogP contribution in [0.25, 0.3) is 0 Å². The van der Waals surface area contributed by atoms with Crippen molar-refractivity contribution in [3.05, 3.63) is 59.9 Å². The summed E-state index contributed by atoms with van der Waals surface area (Å²) in [4.78, 5) is 21.4. The Morgan fingerprint density at radius 2 is 1.82 bits per heavy atom. The fourth-order valence-electron chi connectivity index (χ4n) is 3.68. The van der Waals surface area contributed by atoms with Gasteiger partial charge in [0.25, 0.3) is 0 Å². The number of rotatable bonds is 7. The molecule has 0 saturated heterocycles. The number of aromatic nitrogens is 1. The molecule has 5 heteroatoms. The zero-order chi connectivity index (χ0) is 19.8. The molecule has 0 unspecified atom stereocenters. The third kappa shape index (κ3) is 5.98. The van der Waals surface area contributed by atoms with Gasteiger partial charge < -0.3 is 15.1 Å². The summed E-state index contributed by atoms with van der Waals surface area (Å²) in [5.41, 5.74) is 3.32. The van der Waals surface area contributed by atoms with Gasteiger partial charge in [-0.05, 0) is 42.7 Å². The molecule has 1 aliphatic rings. The summed E-state index contributed by atoms with van der Waals surface area (Å²) >= 11 is 0. The summed E-state index contributed by atoms with van der Waals surface area (Å²) in [6, 6.07) is 14.7. The molecule has 5 nitrogen and oxygen atoms in total. The van der Waals surface area contributed by atoms with Crippen LogP contribution in [-0.4, -0.2) is 42.6 Å². The first kappa shape index (κ1) is 20.2. The van der Waals surface area contributed by atoms with Crippen molar-refractivity contribution in [3.8, 4) is 0 Å². The molecule has 28 heavy (non-hydrogen) atoms. The zero-order valence-corrected chi connectivity index (χ0v) is 17.1. The summed E-state index contributed by atoms with van der Waals surface area (Å²) in [6.07, 6.45) is 8.47. The Bertz CT molecular complexity index is 724. The van der Waals surface area contributed by atoms with Gasteiger partial charge in [0.1, 0.15) is 0 Å². The maximum Gasteiger partial charge on any atom is 0.317 e. The van der Waals surface area contributed by atoms with E-state index in [1.807, 2.05) is 43.4 Å². The summed E-state index contributed by atoms with van der Waals surface area (Å²) in [5, 5.41) is 3.26. The standard InChI is InChI=1S/C23H32N4O/c1-26(2)22-13-11-19(12-14-22)18-27(17-15-20-8-6-7-16-24-20)23(28)25-21-9-4-3-5-10-21/h6-8,11-14,16,21H,3-5,9-10,15,17-18H2,1-2H3,(H,25,28). The number of urea groups is 1. The molecule has 1 N–H and O–H groups in total. The highest BCUT2D eigenvalue weighted by Gasteiger charge is 2.20. The number of nitrogens with one attached hydrogen (secondary N) is 1. The van der Waals surface area contributed by atoms with Gasteiger partial charge >= 0.3 is 6.03 Å². The van der Waals surface area contributed by atoms with Crippen LogP contribution in [0.3, 0.4) is 0 Å². The van der Waals surface area contributed by atoms with Crippen LogP contribution < -0.4 is 10.2 Å².